The Balaban J connectivity index is 1.62. The van der Waals surface area contributed by atoms with Gasteiger partial charge in [-0.3, -0.25) is 0 Å². The molecule has 2 heterocycles. The van der Waals surface area contributed by atoms with Gasteiger partial charge in [0.25, 0.3) is 0 Å². The second-order valence-corrected chi connectivity index (χ2v) is 6.12. The SMILES string of the molecule is C=CCNC(=O)N1CCCC(Cc2nc(-c3ccccc3F)no2)C1. The van der Waals surface area contributed by atoms with Crippen molar-refractivity contribution in [2.45, 2.75) is 19.3 Å². The molecule has 7 heteroatoms. The van der Waals surface area contributed by atoms with Gasteiger partial charge in [0.05, 0.1) is 5.56 Å². The first-order valence-electron chi connectivity index (χ1n) is 8.38. The number of likely N-dealkylation sites (tertiary alicyclic amines) is 1. The molecule has 0 radical (unpaired) electrons. The number of benzene rings is 1. The number of nitrogens with zero attached hydrogens (tertiary/aromatic N) is 3. The lowest BCUT2D eigenvalue weighted by molar-refractivity contribution is 0.162. The number of halogens is 1. The maximum atomic E-state index is 13.8. The van der Waals surface area contributed by atoms with Crippen molar-refractivity contribution < 1.29 is 13.7 Å². The minimum absolute atomic E-state index is 0.0813. The summed E-state index contributed by atoms with van der Waals surface area (Å²) in [4.78, 5) is 18.2. The van der Waals surface area contributed by atoms with E-state index in [4.69, 9.17) is 4.52 Å². The van der Waals surface area contributed by atoms with Crippen molar-refractivity contribution in [1.29, 1.82) is 0 Å². The number of nitrogens with one attached hydrogen (secondary N) is 1. The van der Waals surface area contributed by atoms with Crippen LogP contribution in [0, 0.1) is 11.7 Å². The van der Waals surface area contributed by atoms with Gasteiger partial charge < -0.3 is 14.7 Å². The Hall–Kier alpha value is -2.70. The van der Waals surface area contributed by atoms with E-state index in [2.05, 4.69) is 22.0 Å². The molecular weight excluding hydrogens is 323 g/mol. The highest BCUT2D eigenvalue weighted by Gasteiger charge is 2.25. The van der Waals surface area contributed by atoms with Crippen LogP contribution < -0.4 is 5.32 Å². The van der Waals surface area contributed by atoms with Gasteiger partial charge in [-0.1, -0.05) is 23.4 Å². The van der Waals surface area contributed by atoms with E-state index < -0.39 is 0 Å². The normalized spacial score (nSPS) is 17.3. The van der Waals surface area contributed by atoms with Gasteiger partial charge in [-0.25, -0.2) is 9.18 Å². The Morgan fingerprint density at radius 2 is 2.32 bits per heavy atom. The molecule has 1 aromatic carbocycles. The fourth-order valence-electron chi connectivity index (χ4n) is 3.02. The van der Waals surface area contributed by atoms with Gasteiger partial charge in [0.15, 0.2) is 0 Å². The highest BCUT2D eigenvalue weighted by Crippen LogP contribution is 2.23. The van der Waals surface area contributed by atoms with Crippen molar-refractivity contribution in [1.82, 2.24) is 20.4 Å². The van der Waals surface area contributed by atoms with E-state index in [0.717, 1.165) is 19.4 Å². The summed E-state index contributed by atoms with van der Waals surface area (Å²) in [6, 6.07) is 6.26. The second-order valence-electron chi connectivity index (χ2n) is 6.12. The highest BCUT2D eigenvalue weighted by atomic mass is 19.1. The highest BCUT2D eigenvalue weighted by molar-refractivity contribution is 5.74. The number of urea groups is 1. The third-order valence-electron chi connectivity index (χ3n) is 4.25. The summed E-state index contributed by atoms with van der Waals surface area (Å²) in [5.41, 5.74) is 0.326. The van der Waals surface area contributed by atoms with Crippen LogP contribution in [0.5, 0.6) is 0 Å². The van der Waals surface area contributed by atoms with E-state index in [1.165, 1.54) is 6.07 Å². The van der Waals surface area contributed by atoms with Crippen LogP contribution in [-0.4, -0.2) is 40.7 Å². The zero-order valence-corrected chi connectivity index (χ0v) is 13.9. The number of hydrogen-bond acceptors (Lipinski definition) is 4. The van der Waals surface area contributed by atoms with E-state index in [0.29, 0.717) is 31.0 Å². The molecule has 0 spiro atoms. The van der Waals surface area contributed by atoms with Gasteiger partial charge in [0.1, 0.15) is 5.82 Å². The predicted octanol–water partition coefficient (Wildman–Crippen LogP) is 3.03. The standard InChI is InChI=1S/C18H21FN4O2/c1-2-9-20-18(24)23-10-5-6-13(12-23)11-16-21-17(22-25-16)14-7-3-4-8-15(14)19/h2-4,7-8,13H,1,5-6,9-12H2,(H,20,24). The molecule has 2 amide bonds. The molecule has 1 aliphatic rings. The summed E-state index contributed by atoms with van der Waals surface area (Å²) in [7, 11) is 0. The second kappa shape index (κ2) is 7.92. The first-order valence-corrected chi connectivity index (χ1v) is 8.38. The van der Waals surface area contributed by atoms with Crippen molar-refractivity contribution in [3.05, 3.63) is 48.6 Å². The fourth-order valence-corrected chi connectivity index (χ4v) is 3.02. The number of piperidine rings is 1. The fraction of sp³-hybridized carbons (Fsp3) is 0.389. The number of carbonyl (C=O) groups is 1. The van der Waals surface area contributed by atoms with Crippen LogP contribution in [0.2, 0.25) is 0 Å². The number of carbonyl (C=O) groups excluding carboxylic acids is 1. The Bertz CT molecular complexity index is 746. The van der Waals surface area contributed by atoms with Gasteiger partial charge in [0, 0.05) is 26.1 Å². The van der Waals surface area contributed by atoms with E-state index in [9.17, 15) is 9.18 Å². The number of amides is 2. The third-order valence-corrected chi connectivity index (χ3v) is 4.25. The molecule has 1 fully saturated rings. The summed E-state index contributed by atoms with van der Waals surface area (Å²) < 4.78 is 19.1. The summed E-state index contributed by atoms with van der Waals surface area (Å²) in [5, 5.41) is 6.67. The van der Waals surface area contributed by atoms with Crippen LogP contribution in [0.4, 0.5) is 9.18 Å². The van der Waals surface area contributed by atoms with Crippen LogP contribution in [-0.2, 0) is 6.42 Å². The van der Waals surface area contributed by atoms with Gasteiger partial charge in [-0.15, -0.1) is 6.58 Å². The summed E-state index contributed by atoms with van der Waals surface area (Å²) in [6.45, 7) is 5.43. The zero-order valence-electron chi connectivity index (χ0n) is 13.9. The van der Waals surface area contributed by atoms with Gasteiger partial charge in [-0.2, -0.15) is 4.98 Å². The monoisotopic (exact) mass is 344 g/mol. The lowest BCUT2D eigenvalue weighted by Crippen LogP contribution is -2.45. The first kappa shape index (κ1) is 17.1. The molecule has 25 heavy (non-hydrogen) atoms. The summed E-state index contributed by atoms with van der Waals surface area (Å²) in [6.07, 6.45) is 4.15. The maximum absolute atomic E-state index is 13.8. The zero-order chi connectivity index (χ0) is 17.6. The van der Waals surface area contributed by atoms with Gasteiger partial charge in [0.2, 0.25) is 11.7 Å². The van der Waals surface area contributed by atoms with E-state index in [1.807, 2.05) is 0 Å². The van der Waals surface area contributed by atoms with Crippen LogP contribution in [0.15, 0.2) is 41.4 Å². The molecule has 1 aromatic heterocycles. The molecule has 6 nitrogen and oxygen atoms in total. The molecule has 132 valence electrons. The van der Waals surface area contributed by atoms with Gasteiger partial charge in [-0.05, 0) is 30.9 Å². The minimum atomic E-state index is -0.377. The average Bonchev–Trinajstić information content (AvgIpc) is 3.08. The molecule has 2 aromatic rings. The topological polar surface area (TPSA) is 71.3 Å². The number of hydrogen-bond donors (Lipinski definition) is 1. The van der Waals surface area contributed by atoms with Crippen molar-refractivity contribution in [2.24, 2.45) is 5.92 Å². The van der Waals surface area contributed by atoms with Crippen molar-refractivity contribution in [2.75, 3.05) is 19.6 Å². The lowest BCUT2D eigenvalue weighted by Gasteiger charge is -2.32. The van der Waals surface area contributed by atoms with E-state index in [1.54, 1.807) is 29.2 Å². The molecule has 3 rings (SSSR count). The smallest absolute Gasteiger partial charge is 0.317 e. The van der Waals surface area contributed by atoms with Crippen LogP contribution in [0.3, 0.4) is 0 Å². The maximum Gasteiger partial charge on any atom is 0.317 e. The van der Waals surface area contributed by atoms with Crippen molar-refractivity contribution >= 4 is 6.03 Å². The largest absolute Gasteiger partial charge is 0.339 e. The Kier molecular flexibility index (Phi) is 5.42. The molecule has 0 bridgehead atoms. The van der Waals surface area contributed by atoms with E-state index in [-0.39, 0.29) is 23.6 Å². The van der Waals surface area contributed by atoms with Gasteiger partial charge >= 0.3 is 6.03 Å². The molecule has 1 saturated heterocycles. The Morgan fingerprint density at radius 3 is 3.12 bits per heavy atom. The first-order chi connectivity index (χ1) is 12.2. The van der Waals surface area contributed by atoms with Crippen LogP contribution in [0.25, 0.3) is 11.4 Å². The summed E-state index contributed by atoms with van der Waals surface area (Å²) >= 11 is 0. The van der Waals surface area contributed by atoms with Crippen LogP contribution >= 0.6 is 0 Å². The summed E-state index contributed by atoms with van der Waals surface area (Å²) in [5.74, 6) is 0.593. The van der Waals surface area contributed by atoms with Crippen molar-refractivity contribution in [3.8, 4) is 11.4 Å². The molecule has 1 aliphatic heterocycles. The Labute approximate surface area is 145 Å². The molecule has 0 aliphatic carbocycles. The number of rotatable bonds is 5. The molecule has 1 atom stereocenters. The molecule has 1 N–H and O–H groups in total. The molecular formula is C18H21FN4O2. The minimum Gasteiger partial charge on any atom is -0.339 e. The number of aromatic nitrogens is 2. The predicted molar refractivity (Wildman–Crippen MR) is 91.3 cm³/mol. The average molecular weight is 344 g/mol. The lowest BCUT2D eigenvalue weighted by atomic mass is 9.95. The third kappa shape index (κ3) is 4.23. The molecule has 0 saturated carbocycles. The van der Waals surface area contributed by atoms with Crippen molar-refractivity contribution in [3.63, 3.8) is 0 Å². The van der Waals surface area contributed by atoms with E-state index >= 15 is 0 Å². The molecule has 1 unspecified atom stereocenters. The quantitative estimate of drug-likeness (QED) is 0.847. The van der Waals surface area contributed by atoms with Crippen LogP contribution in [0.1, 0.15) is 18.7 Å². The Morgan fingerprint density at radius 1 is 1.48 bits per heavy atom.